The lowest BCUT2D eigenvalue weighted by molar-refractivity contribution is 0.0676. The van der Waals surface area contributed by atoms with Crippen molar-refractivity contribution in [2.75, 3.05) is 6.54 Å². The molecular weight excluding hydrogens is 294 g/mol. The molecule has 0 radical (unpaired) electrons. The number of nitrogens with zero attached hydrogens (tertiary/aromatic N) is 2. The van der Waals surface area contributed by atoms with Crippen LogP contribution in [0.15, 0.2) is 36.5 Å². The highest BCUT2D eigenvalue weighted by atomic mass is 16.5. The third-order valence-corrected chi connectivity index (χ3v) is 4.05. The number of benzene rings is 1. The summed E-state index contributed by atoms with van der Waals surface area (Å²) in [6.45, 7) is 1.86. The topological polar surface area (TPSA) is 76.4 Å². The number of rotatable bonds is 6. The summed E-state index contributed by atoms with van der Waals surface area (Å²) in [7, 11) is 0. The van der Waals surface area contributed by atoms with Crippen LogP contribution >= 0.6 is 0 Å². The van der Waals surface area contributed by atoms with Crippen molar-refractivity contribution < 1.29 is 14.6 Å². The number of ether oxygens (including phenoxy) is 1. The molecule has 2 heterocycles. The van der Waals surface area contributed by atoms with E-state index in [1.807, 2.05) is 30.3 Å². The van der Waals surface area contributed by atoms with Gasteiger partial charge in [-0.3, -0.25) is 4.68 Å². The number of hydrogen-bond donors (Lipinski definition) is 2. The molecule has 2 aromatic rings. The number of carboxylic acid groups (broad SMARTS) is 1. The Kier molecular flexibility index (Phi) is 4.92. The Morgan fingerprint density at radius 3 is 2.87 bits per heavy atom. The van der Waals surface area contributed by atoms with Gasteiger partial charge in [0.1, 0.15) is 6.61 Å². The lowest BCUT2D eigenvalue weighted by Gasteiger charge is -2.23. The van der Waals surface area contributed by atoms with E-state index in [0.29, 0.717) is 18.9 Å². The normalized spacial score (nSPS) is 17.8. The third-order valence-electron chi connectivity index (χ3n) is 4.05. The summed E-state index contributed by atoms with van der Waals surface area (Å²) in [5.41, 5.74) is 1.11. The predicted molar refractivity (Wildman–Crippen MR) is 85.6 cm³/mol. The van der Waals surface area contributed by atoms with Crippen LogP contribution in [-0.2, 0) is 13.2 Å². The Morgan fingerprint density at radius 2 is 2.17 bits per heavy atom. The molecule has 0 spiro atoms. The van der Waals surface area contributed by atoms with Gasteiger partial charge in [-0.2, -0.15) is 5.10 Å². The number of aromatic carboxylic acids is 1. The number of piperidine rings is 1. The van der Waals surface area contributed by atoms with Gasteiger partial charge in [0, 0.05) is 6.04 Å². The van der Waals surface area contributed by atoms with E-state index in [9.17, 15) is 9.90 Å². The maximum Gasteiger partial charge on any atom is 0.358 e. The Bertz CT molecular complexity index is 648. The fourth-order valence-electron chi connectivity index (χ4n) is 2.85. The molecule has 0 bridgehead atoms. The zero-order valence-corrected chi connectivity index (χ0v) is 12.9. The number of carbonyl (C=O) groups is 1. The second-order valence-electron chi connectivity index (χ2n) is 5.77. The van der Waals surface area contributed by atoms with Gasteiger partial charge < -0.3 is 15.2 Å². The van der Waals surface area contributed by atoms with Crippen LogP contribution in [0.2, 0.25) is 0 Å². The first-order chi connectivity index (χ1) is 11.2. The van der Waals surface area contributed by atoms with Gasteiger partial charge in [-0.05, 0) is 24.9 Å². The first-order valence-electron chi connectivity index (χ1n) is 7.93. The van der Waals surface area contributed by atoms with Gasteiger partial charge in [-0.25, -0.2) is 4.79 Å². The van der Waals surface area contributed by atoms with Crippen molar-refractivity contribution >= 4 is 5.97 Å². The van der Waals surface area contributed by atoms with E-state index in [1.165, 1.54) is 23.7 Å². The molecule has 1 aromatic heterocycles. The standard InChI is InChI=1S/C17H21N3O3/c21-17(22)16-15(23-12-13-6-2-1-3-7-13)10-19-20(16)11-14-8-4-5-9-18-14/h1-3,6-7,10,14,18H,4-5,8-9,11-12H2,(H,21,22). The Morgan fingerprint density at radius 1 is 1.35 bits per heavy atom. The summed E-state index contributed by atoms with van der Waals surface area (Å²) in [6.07, 6.45) is 4.87. The smallest absolute Gasteiger partial charge is 0.358 e. The van der Waals surface area contributed by atoms with E-state index in [1.54, 1.807) is 0 Å². The monoisotopic (exact) mass is 315 g/mol. The molecule has 0 amide bonds. The van der Waals surface area contributed by atoms with Crippen LogP contribution in [0.1, 0.15) is 35.3 Å². The highest BCUT2D eigenvalue weighted by Crippen LogP contribution is 2.21. The highest BCUT2D eigenvalue weighted by molar-refractivity contribution is 5.88. The number of aromatic nitrogens is 2. The molecule has 1 saturated heterocycles. The molecule has 23 heavy (non-hydrogen) atoms. The summed E-state index contributed by atoms with van der Waals surface area (Å²) >= 11 is 0. The summed E-state index contributed by atoms with van der Waals surface area (Å²) in [5, 5.41) is 17.1. The van der Waals surface area contributed by atoms with E-state index in [0.717, 1.165) is 18.5 Å². The SMILES string of the molecule is O=C(O)c1c(OCc2ccccc2)cnn1CC1CCCCN1. The summed E-state index contributed by atoms with van der Waals surface area (Å²) in [4.78, 5) is 11.6. The molecule has 3 rings (SSSR count). The van der Waals surface area contributed by atoms with Crippen LogP contribution in [0.25, 0.3) is 0 Å². The van der Waals surface area contributed by atoms with Gasteiger partial charge in [-0.15, -0.1) is 0 Å². The van der Waals surface area contributed by atoms with E-state index < -0.39 is 5.97 Å². The Hall–Kier alpha value is -2.34. The first kappa shape index (κ1) is 15.6. The fraction of sp³-hybridized carbons (Fsp3) is 0.412. The minimum atomic E-state index is -1.01. The highest BCUT2D eigenvalue weighted by Gasteiger charge is 2.22. The van der Waals surface area contributed by atoms with E-state index in [4.69, 9.17) is 4.74 Å². The lowest BCUT2D eigenvalue weighted by Crippen LogP contribution is -2.38. The first-order valence-corrected chi connectivity index (χ1v) is 7.93. The number of hydrogen-bond acceptors (Lipinski definition) is 4. The summed E-state index contributed by atoms with van der Waals surface area (Å²) < 4.78 is 7.20. The molecule has 0 aliphatic carbocycles. The van der Waals surface area contributed by atoms with E-state index >= 15 is 0 Å². The van der Waals surface area contributed by atoms with Gasteiger partial charge in [0.15, 0.2) is 11.4 Å². The number of carboxylic acids is 1. The minimum Gasteiger partial charge on any atom is -0.485 e. The van der Waals surface area contributed by atoms with Gasteiger partial charge in [0.2, 0.25) is 0 Å². The van der Waals surface area contributed by atoms with Crippen molar-refractivity contribution in [2.24, 2.45) is 0 Å². The second-order valence-corrected chi connectivity index (χ2v) is 5.77. The van der Waals surface area contributed by atoms with Gasteiger partial charge in [-0.1, -0.05) is 36.8 Å². The minimum absolute atomic E-state index is 0.119. The van der Waals surface area contributed by atoms with Crippen molar-refractivity contribution in [3.8, 4) is 5.75 Å². The van der Waals surface area contributed by atoms with Crippen molar-refractivity contribution in [3.05, 3.63) is 47.8 Å². The van der Waals surface area contributed by atoms with Crippen molar-refractivity contribution in [2.45, 2.75) is 38.5 Å². The van der Waals surface area contributed by atoms with Gasteiger partial charge in [0.05, 0.1) is 12.7 Å². The molecule has 1 atom stereocenters. The molecule has 1 aromatic carbocycles. The fourth-order valence-corrected chi connectivity index (χ4v) is 2.85. The Labute approximate surface area is 135 Å². The summed E-state index contributed by atoms with van der Waals surface area (Å²) in [5.74, 6) is -0.696. The van der Waals surface area contributed by atoms with Crippen LogP contribution in [0, 0.1) is 0 Å². The average molecular weight is 315 g/mol. The molecule has 6 nitrogen and oxygen atoms in total. The van der Waals surface area contributed by atoms with Crippen molar-refractivity contribution in [3.63, 3.8) is 0 Å². The zero-order valence-electron chi connectivity index (χ0n) is 12.9. The van der Waals surface area contributed by atoms with Crippen LogP contribution in [0.5, 0.6) is 5.75 Å². The van der Waals surface area contributed by atoms with E-state index in [-0.39, 0.29) is 11.7 Å². The van der Waals surface area contributed by atoms with Crippen LogP contribution < -0.4 is 10.1 Å². The maximum absolute atomic E-state index is 11.6. The van der Waals surface area contributed by atoms with Crippen LogP contribution in [0.4, 0.5) is 0 Å². The molecular formula is C17H21N3O3. The molecule has 122 valence electrons. The maximum atomic E-state index is 11.6. The van der Waals surface area contributed by atoms with E-state index in [2.05, 4.69) is 10.4 Å². The average Bonchev–Trinajstić information content (AvgIpc) is 2.98. The van der Waals surface area contributed by atoms with Crippen LogP contribution in [0.3, 0.4) is 0 Å². The third kappa shape index (κ3) is 3.90. The molecule has 0 saturated carbocycles. The molecule has 1 aliphatic heterocycles. The Balaban J connectivity index is 1.71. The lowest BCUT2D eigenvalue weighted by atomic mass is 10.1. The van der Waals surface area contributed by atoms with Gasteiger partial charge in [0.25, 0.3) is 0 Å². The number of nitrogens with one attached hydrogen (secondary N) is 1. The largest absolute Gasteiger partial charge is 0.485 e. The molecule has 2 N–H and O–H groups in total. The van der Waals surface area contributed by atoms with Crippen molar-refractivity contribution in [1.82, 2.24) is 15.1 Å². The zero-order chi connectivity index (χ0) is 16.1. The quantitative estimate of drug-likeness (QED) is 0.855. The summed E-state index contributed by atoms with van der Waals surface area (Å²) in [6, 6.07) is 9.93. The van der Waals surface area contributed by atoms with Crippen LogP contribution in [-0.4, -0.2) is 33.4 Å². The van der Waals surface area contributed by atoms with Gasteiger partial charge >= 0.3 is 5.97 Å². The van der Waals surface area contributed by atoms with Crippen molar-refractivity contribution in [1.29, 1.82) is 0 Å². The molecule has 1 unspecified atom stereocenters. The molecule has 1 fully saturated rings. The molecule has 1 aliphatic rings. The molecule has 6 heteroatoms. The second kappa shape index (κ2) is 7.28. The predicted octanol–water partition coefficient (Wildman–Crippen LogP) is 2.30.